The van der Waals surface area contributed by atoms with Gasteiger partial charge in [0.05, 0.1) is 23.7 Å². The normalized spacial score (nSPS) is 17.8. The number of furan rings is 1. The lowest BCUT2D eigenvalue weighted by Crippen LogP contribution is -2.30. The zero-order chi connectivity index (χ0) is 22.8. The molecule has 2 aliphatic heterocycles. The minimum atomic E-state index is -3.72. The molecule has 3 heterocycles. The van der Waals surface area contributed by atoms with Crippen molar-refractivity contribution in [1.82, 2.24) is 9.62 Å². The highest BCUT2D eigenvalue weighted by atomic mass is 32.2. The molecular formula is C24H24N2O6S. The number of carbonyl (C=O) groups is 1. The molecule has 0 saturated carbocycles. The zero-order valence-electron chi connectivity index (χ0n) is 17.9. The van der Waals surface area contributed by atoms with Gasteiger partial charge in [-0.15, -0.1) is 0 Å². The number of fused-ring (bicyclic) bond motifs is 1. The van der Waals surface area contributed by atoms with Crippen molar-refractivity contribution < 1.29 is 27.1 Å². The van der Waals surface area contributed by atoms with E-state index in [1.165, 1.54) is 18.4 Å². The van der Waals surface area contributed by atoms with Gasteiger partial charge in [0, 0.05) is 12.1 Å². The van der Waals surface area contributed by atoms with Crippen LogP contribution in [0.2, 0.25) is 0 Å². The molecule has 3 aromatic rings. The minimum absolute atomic E-state index is 0.0566. The first-order valence-corrected chi connectivity index (χ1v) is 12.3. The molecule has 1 aromatic heterocycles. The maximum Gasteiger partial charge on any atom is 0.254 e. The van der Waals surface area contributed by atoms with Crippen LogP contribution in [0.25, 0.3) is 0 Å². The molecule has 1 saturated heterocycles. The molecule has 0 spiro atoms. The van der Waals surface area contributed by atoms with Gasteiger partial charge in [0.2, 0.25) is 10.0 Å². The maximum atomic E-state index is 13.3. The Morgan fingerprint density at radius 1 is 1.03 bits per heavy atom. The van der Waals surface area contributed by atoms with Crippen LogP contribution in [0.4, 0.5) is 0 Å². The Morgan fingerprint density at radius 3 is 2.58 bits per heavy atom. The number of likely N-dealkylation sites (tertiary alicyclic amines) is 1. The number of hydrogen-bond acceptors (Lipinski definition) is 6. The maximum absolute atomic E-state index is 13.3. The molecule has 0 aliphatic carbocycles. The summed E-state index contributed by atoms with van der Waals surface area (Å²) in [7, 11) is -3.72. The predicted molar refractivity (Wildman–Crippen MR) is 120 cm³/mol. The van der Waals surface area contributed by atoms with E-state index in [0.717, 1.165) is 24.2 Å². The molecule has 1 atom stereocenters. The van der Waals surface area contributed by atoms with Crippen LogP contribution in [0.15, 0.2) is 70.2 Å². The van der Waals surface area contributed by atoms with E-state index in [0.29, 0.717) is 36.8 Å². The second-order valence-corrected chi connectivity index (χ2v) is 9.75. The van der Waals surface area contributed by atoms with Crippen molar-refractivity contribution >= 4 is 15.9 Å². The van der Waals surface area contributed by atoms with Crippen molar-refractivity contribution in [2.75, 3.05) is 19.8 Å². The number of nitrogens with one attached hydrogen (secondary N) is 1. The van der Waals surface area contributed by atoms with E-state index in [2.05, 4.69) is 4.72 Å². The topological polar surface area (TPSA) is 98.1 Å². The molecule has 8 nitrogen and oxygen atoms in total. The minimum Gasteiger partial charge on any atom is -0.486 e. The number of nitrogens with zero attached hydrogens (tertiary/aromatic N) is 1. The third kappa shape index (κ3) is 4.46. The van der Waals surface area contributed by atoms with Crippen molar-refractivity contribution in [3.05, 3.63) is 77.7 Å². The summed E-state index contributed by atoms with van der Waals surface area (Å²) in [6.45, 7) is 1.74. The molecule has 33 heavy (non-hydrogen) atoms. The Morgan fingerprint density at radius 2 is 1.82 bits per heavy atom. The molecule has 0 radical (unpaired) electrons. The van der Waals surface area contributed by atoms with Gasteiger partial charge in [0.15, 0.2) is 11.5 Å². The van der Waals surface area contributed by atoms with Gasteiger partial charge in [-0.1, -0.05) is 6.07 Å². The van der Waals surface area contributed by atoms with Gasteiger partial charge in [0.1, 0.15) is 19.0 Å². The smallest absolute Gasteiger partial charge is 0.254 e. The molecule has 1 N–H and O–H groups in total. The average molecular weight is 469 g/mol. The van der Waals surface area contributed by atoms with Crippen molar-refractivity contribution in [1.29, 1.82) is 0 Å². The number of carbonyl (C=O) groups excluding carboxylic acids is 1. The first-order valence-electron chi connectivity index (χ1n) is 10.8. The average Bonchev–Trinajstić information content (AvgIpc) is 3.54. The number of ether oxygens (including phenoxy) is 2. The standard InChI is InChI=1S/C24H24N2O6S/c27-24(17-5-8-20(9-6-17)33(28,29)25-16-19-3-2-12-30-19)26-11-1-4-21(26)18-7-10-22-23(15-18)32-14-13-31-22/h2-3,5-10,12,15,21,25H,1,4,11,13-14,16H2/t21-/m0/s1. The summed E-state index contributed by atoms with van der Waals surface area (Å²) in [5.74, 6) is 1.82. The van der Waals surface area contributed by atoms with E-state index in [-0.39, 0.29) is 23.4 Å². The summed E-state index contributed by atoms with van der Waals surface area (Å²) >= 11 is 0. The van der Waals surface area contributed by atoms with Gasteiger partial charge in [-0.2, -0.15) is 0 Å². The van der Waals surface area contributed by atoms with E-state index in [1.54, 1.807) is 24.3 Å². The van der Waals surface area contributed by atoms with E-state index in [9.17, 15) is 13.2 Å². The Labute approximate surface area is 192 Å². The van der Waals surface area contributed by atoms with Crippen LogP contribution in [0.3, 0.4) is 0 Å². The molecule has 1 amide bonds. The Balaban J connectivity index is 1.30. The molecule has 0 bridgehead atoms. The van der Waals surface area contributed by atoms with Crippen LogP contribution >= 0.6 is 0 Å². The number of amides is 1. The number of benzene rings is 2. The molecule has 0 unspecified atom stereocenters. The Hall–Kier alpha value is -3.30. The largest absolute Gasteiger partial charge is 0.486 e. The van der Waals surface area contributed by atoms with Crippen molar-refractivity contribution in [2.45, 2.75) is 30.3 Å². The Bertz CT molecular complexity index is 1240. The quantitative estimate of drug-likeness (QED) is 0.595. The number of rotatable bonds is 6. The number of hydrogen-bond donors (Lipinski definition) is 1. The van der Waals surface area contributed by atoms with Gasteiger partial charge >= 0.3 is 0 Å². The fourth-order valence-electron chi connectivity index (χ4n) is 4.23. The second kappa shape index (κ2) is 8.92. The highest BCUT2D eigenvalue weighted by Crippen LogP contribution is 2.38. The van der Waals surface area contributed by atoms with Gasteiger partial charge < -0.3 is 18.8 Å². The fourth-order valence-corrected chi connectivity index (χ4v) is 5.22. The summed E-state index contributed by atoms with van der Waals surface area (Å²) in [5, 5.41) is 0. The van der Waals surface area contributed by atoms with Crippen molar-refractivity contribution in [3.8, 4) is 11.5 Å². The second-order valence-electron chi connectivity index (χ2n) is 7.99. The van der Waals surface area contributed by atoms with Crippen LogP contribution in [0.1, 0.15) is 40.6 Å². The molecule has 9 heteroatoms. The van der Waals surface area contributed by atoms with Crippen LogP contribution < -0.4 is 14.2 Å². The third-order valence-corrected chi connectivity index (χ3v) is 7.31. The van der Waals surface area contributed by atoms with Gasteiger partial charge in [-0.3, -0.25) is 4.79 Å². The predicted octanol–water partition coefficient (Wildman–Crippen LogP) is 3.51. The first kappa shape index (κ1) is 21.5. The van der Waals surface area contributed by atoms with Crippen molar-refractivity contribution in [3.63, 3.8) is 0 Å². The summed E-state index contributed by atoms with van der Waals surface area (Å²) < 4.78 is 44.0. The lowest BCUT2D eigenvalue weighted by atomic mass is 10.0. The van der Waals surface area contributed by atoms with E-state index in [1.807, 2.05) is 23.1 Å². The number of sulfonamides is 1. The van der Waals surface area contributed by atoms with Crippen LogP contribution in [-0.2, 0) is 16.6 Å². The van der Waals surface area contributed by atoms with Crippen LogP contribution in [-0.4, -0.2) is 39.0 Å². The summed E-state index contributed by atoms with van der Waals surface area (Å²) in [4.78, 5) is 15.2. The highest BCUT2D eigenvalue weighted by molar-refractivity contribution is 7.89. The molecule has 5 rings (SSSR count). The Kier molecular flexibility index (Phi) is 5.82. The lowest BCUT2D eigenvalue weighted by Gasteiger charge is -2.27. The third-order valence-electron chi connectivity index (χ3n) is 5.89. The first-order chi connectivity index (χ1) is 16.0. The van der Waals surface area contributed by atoms with Gasteiger partial charge in [-0.25, -0.2) is 13.1 Å². The molecule has 2 aromatic carbocycles. The van der Waals surface area contributed by atoms with E-state index >= 15 is 0 Å². The van der Waals surface area contributed by atoms with Crippen LogP contribution in [0.5, 0.6) is 11.5 Å². The molecule has 172 valence electrons. The molecule has 2 aliphatic rings. The van der Waals surface area contributed by atoms with Gasteiger partial charge in [0.25, 0.3) is 5.91 Å². The summed E-state index contributed by atoms with van der Waals surface area (Å²) in [6, 6.07) is 15.2. The molecular weight excluding hydrogens is 444 g/mol. The molecule has 1 fully saturated rings. The summed E-state index contributed by atoms with van der Waals surface area (Å²) in [5.41, 5.74) is 1.45. The highest BCUT2D eigenvalue weighted by Gasteiger charge is 2.31. The van der Waals surface area contributed by atoms with E-state index < -0.39 is 10.0 Å². The zero-order valence-corrected chi connectivity index (χ0v) is 18.7. The fraction of sp³-hybridized carbons (Fsp3) is 0.292. The van der Waals surface area contributed by atoms with Crippen LogP contribution in [0, 0.1) is 0 Å². The SMILES string of the molecule is O=C(c1ccc(S(=O)(=O)NCc2ccco2)cc1)N1CCC[C@H]1c1ccc2c(c1)OCCO2. The summed E-state index contributed by atoms with van der Waals surface area (Å²) in [6.07, 6.45) is 3.24. The van der Waals surface area contributed by atoms with Crippen molar-refractivity contribution in [2.24, 2.45) is 0 Å². The lowest BCUT2D eigenvalue weighted by molar-refractivity contribution is 0.0735. The monoisotopic (exact) mass is 468 g/mol. The van der Waals surface area contributed by atoms with Gasteiger partial charge in [-0.05, 0) is 66.9 Å². The van der Waals surface area contributed by atoms with E-state index in [4.69, 9.17) is 13.9 Å².